The summed E-state index contributed by atoms with van der Waals surface area (Å²) in [5.41, 5.74) is 2.93. The Morgan fingerprint density at radius 3 is 2.60 bits per heavy atom. The van der Waals surface area contributed by atoms with Gasteiger partial charge in [0.05, 0.1) is 6.04 Å². The van der Waals surface area contributed by atoms with Crippen molar-refractivity contribution in [3.63, 3.8) is 0 Å². The van der Waals surface area contributed by atoms with Crippen molar-refractivity contribution >= 4 is 0 Å². The topological polar surface area (TPSA) is 21.3 Å². The fourth-order valence-corrected chi connectivity index (χ4v) is 2.14. The van der Waals surface area contributed by atoms with Crippen LogP contribution in [0.15, 0.2) is 42.5 Å². The van der Waals surface area contributed by atoms with Crippen LogP contribution in [-0.4, -0.2) is 13.7 Å². The molecule has 1 N–H and O–H groups in total. The summed E-state index contributed by atoms with van der Waals surface area (Å²) in [5, 5.41) is 3.20. The van der Waals surface area contributed by atoms with Crippen LogP contribution in [0.5, 0.6) is 5.75 Å². The summed E-state index contributed by atoms with van der Waals surface area (Å²) in [6.07, 6.45) is 0. The fraction of sp³-hybridized carbons (Fsp3) is 0.294. The summed E-state index contributed by atoms with van der Waals surface area (Å²) in [6.45, 7) is 4.18. The van der Waals surface area contributed by atoms with E-state index in [1.807, 2.05) is 19.2 Å². The van der Waals surface area contributed by atoms with Gasteiger partial charge < -0.3 is 10.1 Å². The Morgan fingerprint density at radius 2 is 1.90 bits per heavy atom. The molecule has 0 aliphatic rings. The lowest BCUT2D eigenvalue weighted by Gasteiger charge is -2.18. The van der Waals surface area contributed by atoms with Gasteiger partial charge in [0.15, 0.2) is 11.6 Å². The summed E-state index contributed by atoms with van der Waals surface area (Å²) in [7, 11) is 1.88. The van der Waals surface area contributed by atoms with Gasteiger partial charge in [-0.3, -0.25) is 0 Å². The Hall–Kier alpha value is -1.87. The zero-order valence-electron chi connectivity index (χ0n) is 12.1. The van der Waals surface area contributed by atoms with E-state index in [0.717, 1.165) is 5.56 Å². The van der Waals surface area contributed by atoms with E-state index < -0.39 is 0 Å². The minimum absolute atomic E-state index is 0.0369. The third-order valence-corrected chi connectivity index (χ3v) is 3.35. The normalized spacial score (nSPS) is 12.2. The maximum absolute atomic E-state index is 13.9. The van der Waals surface area contributed by atoms with Crippen LogP contribution in [0.3, 0.4) is 0 Å². The van der Waals surface area contributed by atoms with Crippen LogP contribution in [0, 0.1) is 19.7 Å². The maximum Gasteiger partial charge on any atom is 0.167 e. The van der Waals surface area contributed by atoms with Crippen LogP contribution in [-0.2, 0) is 0 Å². The summed E-state index contributed by atoms with van der Waals surface area (Å²) >= 11 is 0. The molecule has 2 aromatic carbocycles. The van der Waals surface area contributed by atoms with Gasteiger partial charge in [-0.25, -0.2) is 4.39 Å². The molecule has 2 rings (SSSR count). The van der Waals surface area contributed by atoms with Gasteiger partial charge in [0.25, 0.3) is 0 Å². The van der Waals surface area contributed by atoms with Crippen LogP contribution in [0.4, 0.5) is 4.39 Å². The summed E-state index contributed by atoms with van der Waals surface area (Å²) in [4.78, 5) is 0. The molecule has 0 amide bonds. The van der Waals surface area contributed by atoms with Crippen molar-refractivity contribution in [1.82, 2.24) is 5.32 Å². The van der Waals surface area contributed by atoms with Crippen LogP contribution in [0.2, 0.25) is 0 Å². The smallest absolute Gasteiger partial charge is 0.167 e. The van der Waals surface area contributed by atoms with Gasteiger partial charge in [-0.15, -0.1) is 0 Å². The monoisotopic (exact) mass is 273 g/mol. The molecular formula is C17H20FNO. The minimum Gasteiger partial charge on any atom is -0.489 e. The summed E-state index contributed by atoms with van der Waals surface area (Å²) in [5.74, 6) is 0.0181. The molecule has 0 aromatic heterocycles. The van der Waals surface area contributed by atoms with Crippen LogP contribution >= 0.6 is 0 Å². The average molecular weight is 273 g/mol. The molecule has 0 saturated carbocycles. The van der Waals surface area contributed by atoms with E-state index in [4.69, 9.17) is 4.74 Å². The highest BCUT2D eigenvalue weighted by Gasteiger charge is 2.12. The van der Waals surface area contributed by atoms with Crippen molar-refractivity contribution in [2.45, 2.75) is 19.9 Å². The number of hydrogen-bond donors (Lipinski definition) is 1. The number of halogens is 1. The van der Waals surface area contributed by atoms with E-state index in [1.165, 1.54) is 5.56 Å². The molecule has 0 spiro atoms. The quantitative estimate of drug-likeness (QED) is 0.895. The second-order valence-corrected chi connectivity index (χ2v) is 4.95. The Labute approximate surface area is 119 Å². The molecule has 2 aromatic rings. The molecule has 106 valence electrons. The van der Waals surface area contributed by atoms with Gasteiger partial charge in [0.2, 0.25) is 0 Å². The van der Waals surface area contributed by atoms with E-state index in [0.29, 0.717) is 17.9 Å². The largest absolute Gasteiger partial charge is 0.489 e. The van der Waals surface area contributed by atoms with Crippen molar-refractivity contribution in [2.24, 2.45) is 0 Å². The molecule has 0 aliphatic heterocycles. The first-order valence-corrected chi connectivity index (χ1v) is 6.73. The lowest BCUT2D eigenvalue weighted by atomic mass is 10.1. The van der Waals surface area contributed by atoms with Crippen molar-refractivity contribution in [3.05, 3.63) is 65.0 Å². The Bertz CT molecular complexity index is 583. The lowest BCUT2D eigenvalue weighted by Crippen LogP contribution is -2.23. The van der Waals surface area contributed by atoms with E-state index >= 15 is 0 Å². The standard InChI is InChI=1S/C17H20FNO/c1-12-6-4-8-14(10-12)15(19-3)11-20-16-9-5-7-13(2)17(16)18/h4-10,15,19H,11H2,1-3H3. The van der Waals surface area contributed by atoms with Crippen LogP contribution < -0.4 is 10.1 Å². The first kappa shape index (κ1) is 14.5. The Kier molecular flexibility index (Phi) is 4.74. The molecule has 1 atom stereocenters. The first-order valence-electron chi connectivity index (χ1n) is 6.73. The van der Waals surface area contributed by atoms with Gasteiger partial charge in [-0.1, -0.05) is 42.0 Å². The molecule has 20 heavy (non-hydrogen) atoms. The minimum atomic E-state index is -0.286. The van der Waals surface area contributed by atoms with Gasteiger partial charge in [-0.05, 0) is 38.1 Å². The highest BCUT2D eigenvalue weighted by Crippen LogP contribution is 2.22. The molecule has 0 radical (unpaired) electrons. The van der Waals surface area contributed by atoms with E-state index in [2.05, 4.69) is 24.4 Å². The van der Waals surface area contributed by atoms with Gasteiger partial charge in [0, 0.05) is 0 Å². The molecule has 0 bridgehead atoms. The lowest BCUT2D eigenvalue weighted by molar-refractivity contribution is 0.261. The molecule has 1 unspecified atom stereocenters. The number of likely N-dealkylation sites (N-methyl/N-ethyl adjacent to an activating group) is 1. The average Bonchev–Trinajstić information content (AvgIpc) is 2.44. The van der Waals surface area contributed by atoms with Crippen molar-refractivity contribution in [3.8, 4) is 5.75 Å². The van der Waals surface area contributed by atoms with Crippen molar-refractivity contribution in [2.75, 3.05) is 13.7 Å². The Morgan fingerprint density at radius 1 is 1.15 bits per heavy atom. The number of ether oxygens (including phenoxy) is 1. The van der Waals surface area contributed by atoms with E-state index in [-0.39, 0.29) is 11.9 Å². The van der Waals surface area contributed by atoms with Crippen molar-refractivity contribution in [1.29, 1.82) is 0 Å². The second-order valence-electron chi connectivity index (χ2n) is 4.95. The molecule has 0 heterocycles. The highest BCUT2D eigenvalue weighted by molar-refractivity contribution is 5.30. The highest BCUT2D eigenvalue weighted by atomic mass is 19.1. The number of nitrogens with one attached hydrogen (secondary N) is 1. The first-order chi connectivity index (χ1) is 9.61. The third kappa shape index (κ3) is 3.36. The fourth-order valence-electron chi connectivity index (χ4n) is 2.14. The third-order valence-electron chi connectivity index (χ3n) is 3.35. The van der Waals surface area contributed by atoms with E-state index in [9.17, 15) is 4.39 Å². The molecule has 0 aliphatic carbocycles. The van der Waals surface area contributed by atoms with Gasteiger partial charge >= 0.3 is 0 Å². The molecule has 3 heteroatoms. The zero-order valence-corrected chi connectivity index (χ0v) is 12.1. The maximum atomic E-state index is 13.9. The number of benzene rings is 2. The van der Waals surface area contributed by atoms with Crippen LogP contribution in [0.25, 0.3) is 0 Å². The number of aryl methyl sites for hydroxylation is 2. The number of rotatable bonds is 5. The van der Waals surface area contributed by atoms with Gasteiger partial charge in [-0.2, -0.15) is 0 Å². The molecule has 0 saturated heterocycles. The zero-order chi connectivity index (χ0) is 14.5. The molecule has 2 nitrogen and oxygen atoms in total. The predicted molar refractivity (Wildman–Crippen MR) is 79.6 cm³/mol. The molecular weight excluding hydrogens is 253 g/mol. The second kappa shape index (κ2) is 6.53. The number of hydrogen-bond acceptors (Lipinski definition) is 2. The summed E-state index contributed by atoms with van der Waals surface area (Å²) < 4.78 is 19.5. The van der Waals surface area contributed by atoms with E-state index in [1.54, 1.807) is 25.1 Å². The van der Waals surface area contributed by atoms with Crippen LogP contribution in [0.1, 0.15) is 22.7 Å². The van der Waals surface area contributed by atoms with Gasteiger partial charge in [0.1, 0.15) is 6.61 Å². The Balaban J connectivity index is 2.10. The summed E-state index contributed by atoms with van der Waals surface area (Å²) in [6, 6.07) is 13.5. The SMILES string of the molecule is CNC(COc1cccc(C)c1F)c1cccc(C)c1. The predicted octanol–water partition coefficient (Wildman–Crippen LogP) is 3.78. The van der Waals surface area contributed by atoms with Crippen molar-refractivity contribution < 1.29 is 9.13 Å². The molecule has 0 fully saturated rings.